The number of hydrogen-bond acceptors (Lipinski definition) is 6. The van der Waals surface area contributed by atoms with Gasteiger partial charge in [0.05, 0.1) is 6.07 Å². The van der Waals surface area contributed by atoms with Crippen LogP contribution in [0.1, 0.15) is 12.8 Å². The summed E-state index contributed by atoms with van der Waals surface area (Å²) >= 11 is 0. The van der Waals surface area contributed by atoms with Crippen molar-refractivity contribution in [2.75, 3.05) is 31.5 Å². The molecular formula is C9H17N3O4S2. The smallest absolute Gasteiger partial charge is 0.227 e. The molecule has 0 spiro atoms. The summed E-state index contributed by atoms with van der Waals surface area (Å²) in [5.74, 6) is 0. The van der Waals surface area contributed by atoms with E-state index in [2.05, 4.69) is 4.72 Å². The molecule has 1 aliphatic rings. The Hall–Kier alpha value is -0.690. The average Bonchev–Trinajstić information content (AvgIpc) is 2.18. The molecule has 104 valence electrons. The summed E-state index contributed by atoms with van der Waals surface area (Å²) in [5, 5.41) is 8.16. The largest absolute Gasteiger partial charge is 0.306 e. The van der Waals surface area contributed by atoms with Gasteiger partial charge in [-0.15, -0.1) is 0 Å². The number of nitrogens with one attached hydrogen (secondary N) is 1. The normalized spacial score (nSPS) is 21.4. The minimum Gasteiger partial charge on any atom is -0.306 e. The van der Waals surface area contributed by atoms with Crippen molar-refractivity contribution in [1.29, 1.82) is 5.26 Å². The highest BCUT2D eigenvalue weighted by Crippen LogP contribution is 2.22. The molecular weight excluding hydrogens is 278 g/mol. The zero-order chi connectivity index (χ0) is 14.0. The zero-order valence-electron chi connectivity index (χ0n) is 10.4. The Morgan fingerprint density at radius 3 is 2.17 bits per heavy atom. The fourth-order valence-electron chi connectivity index (χ4n) is 1.85. The molecule has 1 saturated heterocycles. The van der Waals surface area contributed by atoms with Gasteiger partial charge in [-0.3, -0.25) is 0 Å². The van der Waals surface area contributed by atoms with Gasteiger partial charge in [0.1, 0.15) is 5.54 Å². The van der Waals surface area contributed by atoms with Crippen LogP contribution in [-0.4, -0.2) is 58.8 Å². The maximum atomic E-state index is 11.7. The van der Waals surface area contributed by atoms with Gasteiger partial charge < -0.3 is 4.90 Å². The van der Waals surface area contributed by atoms with Crippen LogP contribution < -0.4 is 4.72 Å². The number of hydrogen-bond donors (Lipinski definition) is 1. The van der Waals surface area contributed by atoms with Crippen LogP contribution in [0, 0.1) is 11.3 Å². The van der Waals surface area contributed by atoms with Crippen molar-refractivity contribution in [2.24, 2.45) is 0 Å². The fraction of sp³-hybridized carbons (Fsp3) is 0.889. The van der Waals surface area contributed by atoms with Crippen LogP contribution in [0.4, 0.5) is 0 Å². The second-order valence-electron chi connectivity index (χ2n) is 4.76. The third-order valence-corrected chi connectivity index (χ3v) is 6.43. The molecule has 0 aliphatic carbocycles. The summed E-state index contributed by atoms with van der Waals surface area (Å²) < 4.78 is 47.7. The van der Waals surface area contributed by atoms with Gasteiger partial charge in [0.2, 0.25) is 10.0 Å². The third kappa shape index (κ3) is 4.53. The van der Waals surface area contributed by atoms with E-state index in [-0.39, 0.29) is 0 Å². The Kier molecular flexibility index (Phi) is 4.38. The number of nitrogens with zero attached hydrogens (tertiary/aromatic N) is 2. The van der Waals surface area contributed by atoms with Gasteiger partial charge in [0.25, 0.3) is 0 Å². The van der Waals surface area contributed by atoms with Crippen LogP contribution in [0.25, 0.3) is 0 Å². The molecule has 0 amide bonds. The lowest BCUT2D eigenvalue weighted by molar-refractivity contribution is 0.213. The molecule has 18 heavy (non-hydrogen) atoms. The van der Waals surface area contributed by atoms with Gasteiger partial charge in [0, 0.05) is 19.3 Å². The summed E-state index contributed by atoms with van der Waals surface area (Å²) in [6.45, 7) is 1.18. The number of rotatable bonds is 4. The van der Waals surface area contributed by atoms with E-state index in [1.807, 2.05) is 18.0 Å². The van der Waals surface area contributed by atoms with Gasteiger partial charge in [0.15, 0.2) is 14.9 Å². The van der Waals surface area contributed by atoms with Gasteiger partial charge in [-0.2, -0.15) is 9.98 Å². The van der Waals surface area contributed by atoms with Crippen molar-refractivity contribution >= 4 is 19.9 Å². The molecule has 1 heterocycles. The Morgan fingerprint density at radius 2 is 1.78 bits per heavy atom. The van der Waals surface area contributed by atoms with Crippen molar-refractivity contribution < 1.29 is 16.8 Å². The van der Waals surface area contributed by atoms with E-state index in [0.29, 0.717) is 25.9 Å². The second-order valence-corrected chi connectivity index (χ2v) is 8.99. The SMILES string of the molecule is CN1CCC(C#N)(NS(=O)(=O)CS(C)(=O)=O)CC1. The molecule has 0 radical (unpaired) electrons. The minimum atomic E-state index is -4.01. The predicted molar refractivity (Wildman–Crippen MR) is 66.8 cm³/mol. The van der Waals surface area contributed by atoms with Gasteiger partial charge in [-0.25, -0.2) is 16.8 Å². The molecule has 0 bridgehead atoms. The van der Waals surface area contributed by atoms with Crippen molar-refractivity contribution in [3.8, 4) is 6.07 Å². The highest BCUT2D eigenvalue weighted by Gasteiger charge is 2.38. The van der Waals surface area contributed by atoms with Crippen LogP contribution >= 0.6 is 0 Å². The summed E-state index contributed by atoms with van der Waals surface area (Å²) in [5.41, 5.74) is -1.18. The summed E-state index contributed by atoms with van der Waals surface area (Å²) in [6.07, 6.45) is 1.55. The van der Waals surface area contributed by atoms with E-state index in [9.17, 15) is 16.8 Å². The molecule has 0 aromatic rings. The van der Waals surface area contributed by atoms with Crippen molar-refractivity contribution in [3.05, 3.63) is 0 Å². The maximum absolute atomic E-state index is 11.7. The third-order valence-electron chi connectivity index (χ3n) is 2.77. The van der Waals surface area contributed by atoms with Crippen LogP contribution in [0.5, 0.6) is 0 Å². The summed E-state index contributed by atoms with van der Waals surface area (Å²) in [4.78, 5) is 1.99. The predicted octanol–water partition coefficient (Wildman–Crippen LogP) is -1.10. The molecule has 1 aliphatic heterocycles. The van der Waals surface area contributed by atoms with Crippen molar-refractivity contribution in [2.45, 2.75) is 18.4 Å². The molecule has 0 aromatic carbocycles. The van der Waals surface area contributed by atoms with Crippen LogP contribution in [0.3, 0.4) is 0 Å². The first-order chi connectivity index (χ1) is 8.08. The van der Waals surface area contributed by atoms with Crippen LogP contribution in [0.15, 0.2) is 0 Å². The number of sulfonamides is 1. The van der Waals surface area contributed by atoms with E-state index in [0.717, 1.165) is 6.26 Å². The Morgan fingerprint density at radius 1 is 1.28 bits per heavy atom. The first kappa shape index (κ1) is 15.4. The van der Waals surface area contributed by atoms with Gasteiger partial charge in [-0.1, -0.05) is 0 Å². The van der Waals surface area contributed by atoms with E-state index >= 15 is 0 Å². The van der Waals surface area contributed by atoms with E-state index in [1.165, 1.54) is 0 Å². The van der Waals surface area contributed by atoms with E-state index in [4.69, 9.17) is 5.26 Å². The molecule has 0 saturated carbocycles. The molecule has 1 N–H and O–H groups in total. The molecule has 1 rings (SSSR count). The lowest BCUT2D eigenvalue weighted by Crippen LogP contribution is -2.54. The summed E-state index contributed by atoms with van der Waals surface area (Å²) in [6, 6.07) is 1.97. The number of likely N-dealkylation sites (tertiary alicyclic amines) is 1. The van der Waals surface area contributed by atoms with E-state index < -0.39 is 30.5 Å². The average molecular weight is 295 g/mol. The van der Waals surface area contributed by atoms with Crippen LogP contribution in [0.2, 0.25) is 0 Å². The molecule has 0 unspecified atom stereocenters. The molecule has 0 aromatic heterocycles. The lowest BCUT2D eigenvalue weighted by atomic mass is 9.91. The first-order valence-electron chi connectivity index (χ1n) is 5.37. The Bertz CT molecular complexity index is 539. The van der Waals surface area contributed by atoms with Gasteiger partial charge >= 0.3 is 0 Å². The minimum absolute atomic E-state index is 0.350. The quantitative estimate of drug-likeness (QED) is 0.705. The molecule has 9 heteroatoms. The number of nitriles is 1. The van der Waals surface area contributed by atoms with Gasteiger partial charge in [-0.05, 0) is 19.9 Å². The lowest BCUT2D eigenvalue weighted by Gasteiger charge is -2.35. The monoisotopic (exact) mass is 295 g/mol. The van der Waals surface area contributed by atoms with Crippen molar-refractivity contribution in [3.63, 3.8) is 0 Å². The van der Waals surface area contributed by atoms with Crippen molar-refractivity contribution in [1.82, 2.24) is 9.62 Å². The molecule has 1 fully saturated rings. The highest BCUT2D eigenvalue weighted by molar-refractivity contribution is 8.06. The standard InChI is InChI=1S/C9H17N3O4S2/c1-12-5-3-9(7-10,4-6-12)11-18(15,16)8-17(2,13)14/h11H,3-6,8H2,1-2H3. The maximum Gasteiger partial charge on any atom is 0.227 e. The second kappa shape index (κ2) is 5.13. The molecule has 7 nitrogen and oxygen atoms in total. The topological polar surface area (TPSA) is 107 Å². The van der Waals surface area contributed by atoms with Crippen LogP contribution in [-0.2, 0) is 19.9 Å². The molecule has 0 atom stereocenters. The highest BCUT2D eigenvalue weighted by atomic mass is 32.3. The number of piperidine rings is 1. The fourth-order valence-corrected chi connectivity index (χ4v) is 5.18. The van der Waals surface area contributed by atoms with E-state index in [1.54, 1.807) is 0 Å². The number of sulfone groups is 1. The Labute approximate surface area is 108 Å². The zero-order valence-corrected chi connectivity index (χ0v) is 12.0. The first-order valence-corrected chi connectivity index (χ1v) is 9.08. The Balaban J connectivity index is 2.85. The summed E-state index contributed by atoms with van der Waals surface area (Å²) in [7, 11) is -5.77.